The first-order valence-corrected chi connectivity index (χ1v) is 6.91. The Morgan fingerprint density at radius 1 is 1.40 bits per heavy atom. The van der Waals surface area contributed by atoms with Crippen molar-refractivity contribution in [2.75, 3.05) is 0 Å². The lowest BCUT2D eigenvalue weighted by atomic mass is 10.1. The van der Waals surface area contributed by atoms with E-state index in [-0.39, 0.29) is 0 Å². The number of aromatic nitrogens is 4. The monoisotopic (exact) mass is 357 g/mol. The summed E-state index contributed by atoms with van der Waals surface area (Å²) in [6.07, 6.45) is -3.31. The van der Waals surface area contributed by atoms with Gasteiger partial charge in [0.15, 0.2) is 5.65 Å². The number of carboxylic acid groups (broad SMARTS) is 1. The Labute approximate surface area is 138 Å². The lowest BCUT2D eigenvalue weighted by Gasteiger charge is -1.99. The second kappa shape index (κ2) is 6.89. The van der Waals surface area contributed by atoms with E-state index >= 15 is 0 Å². The molecule has 0 spiro atoms. The van der Waals surface area contributed by atoms with Crippen LogP contribution in [-0.4, -0.2) is 37.4 Å². The highest BCUT2D eigenvalue weighted by atomic mass is 19.4. The molecule has 0 atom stereocenters. The molecule has 0 aliphatic heterocycles. The summed E-state index contributed by atoms with van der Waals surface area (Å²) in [6, 6.07) is 1.99. The van der Waals surface area contributed by atoms with Crippen LogP contribution >= 0.6 is 0 Å². The molecule has 4 N–H and O–H groups in total. The summed E-state index contributed by atoms with van der Waals surface area (Å²) in [6.45, 7) is 4.17. The fourth-order valence-corrected chi connectivity index (χ4v) is 2.08. The Balaban J connectivity index is 0.000000277. The highest BCUT2D eigenvalue weighted by Gasteiger charge is 2.38. The van der Waals surface area contributed by atoms with Gasteiger partial charge in [-0.2, -0.15) is 13.2 Å². The number of aryl methyl sites for hydroxylation is 2. The van der Waals surface area contributed by atoms with E-state index in [1.54, 1.807) is 6.20 Å². The number of rotatable bonds is 2. The molecule has 0 bridgehead atoms. The third-order valence-electron chi connectivity index (χ3n) is 3.14. The van der Waals surface area contributed by atoms with Crippen molar-refractivity contribution in [3.63, 3.8) is 0 Å². The molecule has 0 unspecified atom stereocenters. The van der Waals surface area contributed by atoms with Crippen molar-refractivity contribution in [1.29, 1.82) is 0 Å². The van der Waals surface area contributed by atoms with Gasteiger partial charge < -0.3 is 20.3 Å². The number of carboxylic acids is 1. The number of nitrogens with one attached hydrogen (secondary N) is 1. The van der Waals surface area contributed by atoms with Gasteiger partial charge in [0.05, 0.1) is 17.8 Å². The molecule has 0 aliphatic carbocycles. The van der Waals surface area contributed by atoms with E-state index < -0.39 is 12.1 Å². The second-order valence-electron chi connectivity index (χ2n) is 4.98. The van der Waals surface area contributed by atoms with Crippen LogP contribution in [0.4, 0.5) is 13.2 Å². The molecule has 0 radical (unpaired) electrons. The number of imidazole rings is 1. The van der Waals surface area contributed by atoms with Crippen molar-refractivity contribution < 1.29 is 27.6 Å². The van der Waals surface area contributed by atoms with Crippen molar-refractivity contribution in [2.24, 2.45) is 5.73 Å². The van der Waals surface area contributed by atoms with Gasteiger partial charge >= 0.3 is 12.1 Å². The molecule has 0 saturated heterocycles. The smallest absolute Gasteiger partial charge is 0.475 e. The first-order chi connectivity index (χ1) is 11.6. The summed E-state index contributed by atoms with van der Waals surface area (Å²) in [7, 11) is 0. The standard InChI is InChI=1S/C12H13N5O.C2HF3O2/c1-6-11(7(2)18-17-6)8-3-9-12(14-5-8)16-10(4-13)15-9;3-2(4,5)1(6)7/h3,5H,4,13H2,1-2H3,(H,14,15,16);(H,6,7). The number of aromatic amines is 1. The largest absolute Gasteiger partial charge is 0.490 e. The number of alkyl halides is 3. The highest BCUT2D eigenvalue weighted by Crippen LogP contribution is 2.27. The zero-order valence-electron chi connectivity index (χ0n) is 13.2. The summed E-state index contributed by atoms with van der Waals surface area (Å²) < 4.78 is 36.9. The zero-order valence-corrected chi connectivity index (χ0v) is 13.2. The quantitative estimate of drug-likeness (QED) is 0.641. The van der Waals surface area contributed by atoms with Gasteiger partial charge in [-0.05, 0) is 19.9 Å². The van der Waals surface area contributed by atoms with Crippen LogP contribution in [0.5, 0.6) is 0 Å². The van der Waals surface area contributed by atoms with Crippen molar-refractivity contribution in [1.82, 2.24) is 20.1 Å². The lowest BCUT2D eigenvalue weighted by molar-refractivity contribution is -0.192. The molecular weight excluding hydrogens is 343 g/mol. The maximum absolute atomic E-state index is 10.6. The van der Waals surface area contributed by atoms with Crippen LogP contribution in [0, 0.1) is 13.8 Å². The average molecular weight is 357 g/mol. The number of nitrogens with zero attached hydrogens (tertiary/aromatic N) is 3. The minimum atomic E-state index is -5.08. The number of hydrogen-bond acceptors (Lipinski definition) is 6. The van der Waals surface area contributed by atoms with Gasteiger partial charge in [0, 0.05) is 17.3 Å². The van der Waals surface area contributed by atoms with Crippen LogP contribution in [0.25, 0.3) is 22.3 Å². The van der Waals surface area contributed by atoms with Crippen molar-refractivity contribution in [3.8, 4) is 11.1 Å². The molecule has 3 aromatic heterocycles. The number of fused-ring (bicyclic) bond motifs is 1. The van der Waals surface area contributed by atoms with E-state index in [1.165, 1.54) is 0 Å². The van der Waals surface area contributed by atoms with E-state index in [9.17, 15) is 13.2 Å². The van der Waals surface area contributed by atoms with Crippen molar-refractivity contribution in [2.45, 2.75) is 26.6 Å². The highest BCUT2D eigenvalue weighted by molar-refractivity contribution is 5.79. The van der Waals surface area contributed by atoms with Gasteiger partial charge in [-0.15, -0.1) is 0 Å². The van der Waals surface area contributed by atoms with Gasteiger partial charge in [-0.3, -0.25) is 0 Å². The number of H-pyrrole nitrogens is 1. The van der Waals surface area contributed by atoms with E-state index in [0.29, 0.717) is 12.2 Å². The van der Waals surface area contributed by atoms with Crippen molar-refractivity contribution in [3.05, 3.63) is 29.5 Å². The van der Waals surface area contributed by atoms with Gasteiger partial charge in [0.25, 0.3) is 0 Å². The molecule has 11 heteroatoms. The van der Waals surface area contributed by atoms with Gasteiger partial charge in [0.1, 0.15) is 11.6 Å². The van der Waals surface area contributed by atoms with Gasteiger partial charge in [-0.25, -0.2) is 14.8 Å². The zero-order chi connectivity index (χ0) is 18.8. The lowest BCUT2D eigenvalue weighted by Crippen LogP contribution is -2.21. The molecule has 0 aliphatic rings. The van der Waals surface area contributed by atoms with E-state index in [4.69, 9.17) is 20.2 Å². The Morgan fingerprint density at radius 3 is 2.52 bits per heavy atom. The molecule has 3 heterocycles. The number of nitrogens with two attached hydrogens (primary N) is 1. The first kappa shape index (κ1) is 18.4. The number of pyridine rings is 1. The summed E-state index contributed by atoms with van der Waals surface area (Å²) in [5, 5.41) is 11.1. The first-order valence-electron chi connectivity index (χ1n) is 6.91. The molecule has 0 fully saturated rings. The average Bonchev–Trinajstić information content (AvgIpc) is 3.09. The molecule has 0 aromatic carbocycles. The summed E-state index contributed by atoms with van der Waals surface area (Å²) in [5.41, 5.74) is 9.89. The van der Waals surface area contributed by atoms with E-state index in [0.717, 1.165) is 33.9 Å². The molecule has 3 aromatic rings. The summed E-state index contributed by atoms with van der Waals surface area (Å²) in [4.78, 5) is 20.6. The number of carbonyl (C=O) groups is 1. The van der Waals surface area contributed by atoms with Crippen molar-refractivity contribution >= 4 is 17.1 Å². The molecule has 8 nitrogen and oxygen atoms in total. The summed E-state index contributed by atoms with van der Waals surface area (Å²) in [5.74, 6) is -1.24. The Bertz CT molecular complexity index is 881. The fourth-order valence-electron chi connectivity index (χ4n) is 2.08. The Kier molecular flexibility index (Phi) is 5.07. The maximum Gasteiger partial charge on any atom is 0.490 e. The molecular formula is C14H14F3N5O3. The third kappa shape index (κ3) is 4.12. The van der Waals surface area contributed by atoms with E-state index in [2.05, 4.69) is 20.1 Å². The van der Waals surface area contributed by atoms with Crippen LogP contribution in [0.15, 0.2) is 16.8 Å². The van der Waals surface area contributed by atoms with Crippen LogP contribution in [0.2, 0.25) is 0 Å². The number of hydrogen-bond donors (Lipinski definition) is 3. The minimum absolute atomic E-state index is 0.372. The van der Waals surface area contributed by atoms with Gasteiger partial charge in [0.2, 0.25) is 0 Å². The van der Waals surface area contributed by atoms with Crippen LogP contribution in [0.1, 0.15) is 17.3 Å². The molecule has 3 rings (SSSR count). The normalized spacial score (nSPS) is 11.3. The molecule has 0 amide bonds. The number of aliphatic carboxylic acids is 1. The maximum atomic E-state index is 10.6. The van der Waals surface area contributed by atoms with E-state index in [1.807, 2.05) is 19.9 Å². The predicted octanol–water partition coefficient (Wildman–Crippen LogP) is 2.32. The minimum Gasteiger partial charge on any atom is -0.475 e. The topological polar surface area (TPSA) is 131 Å². The third-order valence-corrected chi connectivity index (χ3v) is 3.14. The van der Waals surface area contributed by atoms with Crippen LogP contribution < -0.4 is 5.73 Å². The SMILES string of the molecule is Cc1noc(C)c1-c1cnc2nc(CN)[nH]c2c1.O=C(O)C(F)(F)F. The second-order valence-corrected chi connectivity index (χ2v) is 4.98. The fraction of sp³-hybridized carbons (Fsp3) is 0.286. The molecule has 0 saturated carbocycles. The Morgan fingerprint density at radius 2 is 2.04 bits per heavy atom. The molecule has 134 valence electrons. The van der Waals surface area contributed by atoms with Crippen LogP contribution in [0.3, 0.4) is 0 Å². The van der Waals surface area contributed by atoms with Gasteiger partial charge in [-0.1, -0.05) is 5.16 Å². The number of halogens is 3. The summed E-state index contributed by atoms with van der Waals surface area (Å²) >= 11 is 0. The molecule has 25 heavy (non-hydrogen) atoms. The predicted molar refractivity (Wildman–Crippen MR) is 80.4 cm³/mol. The Hall–Kier alpha value is -2.95. The van der Waals surface area contributed by atoms with Crippen LogP contribution in [-0.2, 0) is 11.3 Å².